The standard InChI is InChI=1S/C12H15ClO3/c1-6-10-9(15-3)5-4-8(13)11(10)12(14)7(2)16-6/h4-7,12,14H,1-3H3/t6-,7-,12-/m1/s1. The third kappa shape index (κ3) is 1.69. The number of hydrogen-bond acceptors (Lipinski definition) is 3. The summed E-state index contributed by atoms with van der Waals surface area (Å²) < 4.78 is 10.9. The van der Waals surface area contributed by atoms with Crippen molar-refractivity contribution in [2.75, 3.05) is 7.11 Å². The van der Waals surface area contributed by atoms with Crippen molar-refractivity contribution < 1.29 is 14.6 Å². The van der Waals surface area contributed by atoms with Crippen LogP contribution in [-0.4, -0.2) is 18.3 Å². The van der Waals surface area contributed by atoms with Crippen molar-refractivity contribution >= 4 is 11.6 Å². The summed E-state index contributed by atoms with van der Waals surface area (Å²) in [7, 11) is 1.60. The molecule has 0 bridgehead atoms. The van der Waals surface area contributed by atoms with Gasteiger partial charge in [0.1, 0.15) is 11.9 Å². The molecule has 0 saturated heterocycles. The normalized spacial score (nSPS) is 28.7. The predicted molar refractivity (Wildman–Crippen MR) is 61.9 cm³/mol. The molecular formula is C12H15ClO3. The molecule has 1 aliphatic heterocycles. The van der Waals surface area contributed by atoms with E-state index in [4.69, 9.17) is 21.1 Å². The minimum atomic E-state index is -0.700. The Morgan fingerprint density at radius 1 is 1.31 bits per heavy atom. The molecule has 0 saturated carbocycles. The highest BCUT2D eigenvalue weighted by molar-refractivity contribution is 6.31. The van der Waals surface area contributed by atoms with Crippen molar-refractivity contribution in [1.29, 1.82) is 0 Å². The molecule has 1 N–H and O–H groups in total. The van der Waals surface area contributed by atoms with Crippen molar-refractivity contribution in [2.24, 2.45) is 0 Å². The van der Waals surface area contributed by atoms with Crippen LogP contribution < -0.4 is 4.74 Å². The van der Waals surface area contributed by atoms with Gasteiger partial charge in [-0.25, -0.2) is 0 Å². The van der Waals surface area contributed by atoms with E-state index in [1.807, 2.05) is 13.8 Å². The van der Waals surface area contributed by atoms with Crippen molar-refractivity contribution in [2.45, 2.75) is 32.2 Å². The largest absolute Gasteiger partial charge is 0.496 e. The van der Waals surface area contributed by atoms with Crippen LogP contribution in [0.15, 0.2) is 12.1 Å². The molecule has 0 aromatic heterocycles. The summed E-state index contributed by atoms with van der Waals surface area (Å²) in [6.07, 6.45) is -1.08. The number of benzene rings is 1. The molecular weight excluding hydrogens is 228 g/mol. The minimum Gasteiger partial charge on any atom is -0.496 e. The van der Waals surface area contributed by atoms with E-state index in [1.54, 1.807) is 19.2 Å². The molecule has 2 rings (SSSR count). The molecule has 4 heteroatoms. The van der Waals surface area contributed by atoms with Gasteiger partial charge in [0.15, 0.2) is 0 Å². The summed E-state index contributed by atoms with van der Waals surface area (Å²) in [6, 6.07) is 3.54. The molecule has 1 aromatic rings. The highest BCUT2D eigenvalue weighted by Gasteiger charge is 2.33. The zero-order valence-corrected chi connectivity index (χ0v) is 10.3. The first-order chi connectivity index (χ1) is 7.56. The zero-order valence-electron chi connectivity index (χ0n) is 9.53. The number of halogens is 1. The smallest absolute Gasteiger partial charge is 0.125 e. The molecule has 3 atom stereocenters. The molecule has 0 unspecified atom stereocenters. The average Bonchev–Trinajstić information content (AvgIpc) is 2.25. The third-order valence-electron chi connectivity index (χ3n) is 2.98. The number of aliphatic hydroxyl groups excluding tert-OH is 1. The summed E-state index contributed by atoms with van der Waals surface area (Å²) in [5.74, 6) is 0.706. The van der Waals surface area contributed by atoms with Gasteiger partial charge >= 0.3 is 0 Å². The SMILES string of the molecule is COc1ccc(Cl)c2c1[C@@H](C)O[C@H](C)[C@H]2O. The van der Waals surface area contributed by atoms with Crippen LogP contribution in [0.5, 0.6) is 5.75 Å². The molecule has 16 heavy (non-hydrogen) atoms. The number of methoxy groups -OCH3 is 1. The van der Waals surface area contributed by atoms with E-state index in [2.05, 4.69) is 0 Å². The van der Waals surface area contributed by atoms with Gasteiger partial charge in [0, 0.05) is 16.1 Å². The van der Waals surface area contributed by atoms with Gasteiger partial charge in [0.05, 0.1) is 19.3 Å². The molecule has 1 aliphatic rings. The summed E-state index contributed by atoms with van der Waals surface area (Å²) >= 11 is 6.13. The Balaban J connectivity index is 2.63. The minimum absolute atomic E-state index is 0.123. The second-order valence-corrected chi connectivity index (χ2v) is 4.41. The van der Waals surface area contributed by atoms with Gasteiger partial charge in [-0.2, -0.15) is 0 Å². The number of ether oxygens (including phenoxy) is 2. The molecule has 3 nitrogen and oxygen atoms in total. The van der Waals surface area contributed by atoms with Crippen LogP contribution in [0.1, 0.15) is 37.2 Å². The van der Waals surface area contributed by atoms with E-state index < -0.39 is 6.10 Å². The van der Waals surface area contributed by atoms with Gasteiger partial charge in [-0.3, -0.25) is 0 Å². The van der Waals surface area contributed by atoms with Crippen molar-refractivity contribution in [3.8, 4) is 5.75 Å². The predicted octanol–water partition coefficient (Wildman–Crippen LogP) is 2.86. The maximum absolute atomic E-state index is 10.1. The Morgan fingerprint density at radius 2 is 2.00 bits per heavy atom. The summed E-state index contributed by atoms with van der Waals surface area (Å²) in [6.45, 7) is 3.76. The molecule has 0 aliphatic carbocycles. The van der Waals surface area contributed by atoms with Crippen molar-refractivity contribution in [3.05, 3.63) is 28.3 Å². The molecule has 1 aromatic carbocycles. The third-order valence-corrected chi connectivity index (χ3v) is 3.31. The van der Waals surface area contributed by atoms with Crippen molar-refractivity contribution in [3.63, 3.8) is 0 Å². The van der Waals surface area contributed by atoms with E-state index in [1.165, 1.54) is 0 Å². The molecule has 88 valence electrons. The summed E-state index contributed by atoms with van der Waals surface area (Å²) in [5, 5.41) is 10.6. The first-order valence-electron chi connectivity index (χ1n) is 5.26. The highest BCUT2D eigenvalue weighted by Crippen LogP contribution is 2.44. The highest BCUT2D eigenvalue weighted by atomic mass is 35.5. The Morgan fingerprint density at radius 3 is 2.62 bits per heavy atom. The van der Waals surface area contributed by atoms with Crippen molar-refractivity contribution in [1.82, 2.24) is 0 Å². The van der Waals surface area contributed by atoms with E-state index in [9.17, 15) is 5.11 Å². The second kappa shape index (κ2) is 4.24. The Hall–Kier alpha value is -0.770. The number of fused-ring (bicyclic) bond motifs is 1. The summed E-state index contributed by atoms with van der Waals surface area (Å²) in [4.78, 5) is 0. The van der Waals surface area contributed by atoms with E-state index in [0.717, 1.165) is 11.1 Å². The lowest BCUT2D eigenvalue weighted by molar-refractivity contribution is -0.0815. The summed E-state index contributed by atoms with van der Waals surface area (Å²) in [5.41, 5.74) is 1.58. The van der Waals surface area contributed by atoms with Crippen LogP contribution in [0.4, 0.5) is 0 Å². The van der Waals surface area contributed by atoms with Gasteiger partial charge in [0.25, 0.3) is 0 Å². The average molecular weight is 243 g/mol. The fourth-order valence-electron chi connectivity index (χ4n) is 2.19. The molecule has 1 heterocycles. The van der Waals surface area contributed by atoms with Crippen LogP contribution in [-0.2, 0) is 4.74 Å². The van der Waals surface area contributed by atoms with Gasteiger partial charge in [-0.05, 0) is 26.0 Å². The van der Waals surface area contributed by atoms with Gasteiger partial charge < -0.3 is 14.6 Å². The van der Waals surface area contributed by atoms with Gasteiger partial charge in [-0.1, -0.05) is 11.6 Å². The lowest BCUT2D eigenvalue weighted by atomic mass is 9.92. The maximum atomic E-state index is 10.1. The lowest BCUT2D eigenvalue weighted by Crippen LogP contribution is -2.28. The molecule has 0 fully saturated rings. The fraction of sp³-hybridized carbons (Fsp3) is 0.500. The topological polar surface area (TPSA) is 38.7 Å². The molecule has 0 radical (unpaired) electrons. The van der Waals surface area contributed by atoms with Crippen LogP contribution in [0.3, 0.4) is 0 Å². The number of hydrogen-bond donors (Lipinski definition) is 1. The number of rotatable bonds is 1. The maximum Gasteiger partial charge on any atom is 0.125 e. The monoisotopic (exact) mass is 242 g/mol. The molecule has 0 spiro atoms. The van der Waals surface area contributed by atoms with Crippen LogP contribution in [0.2, 0.25) is 5.02 Å². The van der Waals surface area contributed by atoms with Crippen LogP contribution >= 0.6 is 11.6 Å². The zero-order chi connectivity index (χ0) is 11.9. The quantitative estimate of drug-likeness (QED) is 0.823. The number of aliphatic hydroxyl groups is 1. The lowest BCUT2D eigenvalue weighted by Gasteiger charge is -2.34. The molecule has 0 amide bonds. The van der Waals surface area contributed by atoms with Crippen LogP contribution in [0.25, 0.3) is 0 Å². The Kier molecular flexibility index (Phi) is 3.10. The fourth-order valence-corrected chi connectivity index (χ4v) is 2.46. The van der Waals surface area contributed by atoms with Crippen LogP contribution in [0, 0.1) is 0 Å². The Bertz CT molecular complexity index is 405. The van der Waals surface area contributed by atoms with E-state index >= 15 is 0 Å². The van der Waals surface area contributed by atoms with E-state index in [-0.39, 0.29) is 12.2 Å². The first-order valence-corrected chi connectivity index (χ1v) is 5.63. The Labute approximate surface area is 99.9 Å². The second-order valence-electron chi connectivity index (χ2n) is 4.01. The van der Waals surface area contributed by atoms with E-state index in [0.29, 0.717) is 10.8 Å². The van der Waals surface area contributed by atoms with Gasteiger partial charge in [0.2, 0.25) is 0 Å². The first kappa shape index (κ1) is 11.7. The van der Waals surface area contributed by atoms with Gasteiger partial charge in [-0.15, -0.1) is 0 Å².